The SMILES string of the molecule is CC(C)(C)[C@H](NC(=O)c1cc2ccccc2[nH]1)C(=O)N1C[C@@H]2C[C@H]1CN2C(=O)c1ccc(C2CCCCC2)cn1. The van der Waals surface area contributed by atoms with Crippen molar-refractivity contribution in [2.45, 2.75) is 83.3 Å². The molecular formula is C32H39N5O3. The first kappa shape index (κ1) is 26.5. The highest BCUT2D eigenvalue weighted by atomic mass is 16.2. The van der Waals surface area contributed by atoms with E-state index in [1.807, 2.05) is 73.2 Å². The molecule has 2 saturated heterocycles. The third-order valence-corrected chi connectivity index (χ3v) is 9.03. The van der Waals surface area contributed by atoms with Crippen molar-refractivity contribution in [1.82, 2.24) is 25.1 Å². The highest BCUT2D eigenvalue weighted by molar-refractivity contribution is 6.00. The Morgan fingerprint density at radius 1 is 0.975 bits per heavy atom. The van der Waals surface area contributed by atoms with Crippen molar-refractivity contribution in [1.29, 1.82) is 0 Å². The number of fused-ring (bicyclic) bond motifs is 3. The van der Waals surface area contributed by atoms with Gasteiger partial charge in [-0.2, -0.15) is 0 Å². The van der Waals surface area contributed by atoms with E-state index in [2.05, 4.69) is 21.4 Å². The number of H-pyrrole nitrogens is 1. The first-order chi connectivity index (χ1) is 19.2. The van der Waals surface area contributed by atoms with Crippen LogP contribution in [0.4, 0.5) is 0 Å². The van der Waals surface area contributed by atoms with E-state index in [1.54, 1.807) is 0 Å². The number of carbonyl (C=O) groups is 3. The van der Waals surface area contributed by atoms with E-state index in [0.717, 1.165) is 17.3 Å². The maximum absolute atomic E-state index is 13.8. The molecule has 210 valence electrons. The summed E-state index contributed by atoms with van der Waals surface area (Å²) in [5, 5.41) is 3.96. The lowest BCUT2D eigenvalue weighted by molar-refractivity contribution is -0.138. The van der Waals surface area contributed by atoms with Gasteiger partial charge in [0.2, 0.25) is 5.91 Å². The molecule has 3 fully saturated rings. The van der Waals surface area contributed by atoms with Gasteiger partial charge in [-0.05, 0) is 54.4 Å². The van der Waals surface area contributed by atoms with Crippen LogP contribution in [0.1, 0.15) is 91.8 Å². The summed E-state index contributed by atoms with van der Waals surface area (Å²) in [6.45, 7) is 6.87. The summed E-state index contributed by atoms with van der Waals surface area (Å²) in [5.41, 5.74) is 2.54. The van der Waals surface area contributed by atoms with Crippen LogP contribution >= 0.6 is 0 Å². The average molecular weight is 542 g/mol. The minimum absolute atomic E-state index is 0.0358. The number of rotatable bonds is 5. The van der Waals surface area contributed by atoms with Gasteiger partial charge in [0.1, 0.15) is 17.4 Å². The predicted molar refractivity (Wildman–Crippen MR) is 154 cm³/mol. The van der Waals surface area contributed by atoms with Crippen molar-refractivity contribution in [3.8, 4) is 0 Å². The summed E-state index contributed by atoms with van der Waals surface area (Å²) in [7, 11) is 0. The Balaban J connectivity index is 1.11. The molecule has 2 aromatic heterocycles. The van der Waals surface area contributed by atoms with E-state index in [9.17, 15) is 14.4 Å². The summed E-state index contributed by atoms with van der Waals surface area (Å²) in [6, 6.07) is 12.7. The smallest absolute Gasteiger partial charge is 0.272 e. The second kappa shape index (κ2) is 10.4. The lowest BCUT2D eigenvalue weighted by Crippen LogP contribution is -2.59. The number of aromatic nitrogens is 2. The second-order valence-electron chi connectivity index (χ2n) is 12.8. The molecule has 2 N–H and O–H groups in total. The number of hydrogen-bond acceptors (Lipinski definition) is 4. The molecule has 2 bridgehead atoms. The minimum atomic E-state index is -0.691. The van der Waals surface area contributed by atoms with Crippen LogP contribution in [0.5, 0.6) is 0 Å². The van der Waals surface area contributed by atoms with E-state index in [4.69, 9.17) is 0 Å². The molecule has 3 aromatic rings. The standard InChI is InChI=1S/C32H39N5O3/c1-32(2,3)28(35-29(38)27-15-21-11-7-8-12-25(21)34-27)31(40)37-19-23-16-24(37)18-36(23)30(39)26-14-13-22(17-33-26)20-9-5-4-6-10-20/h7-8,11-15,17,20,23-24,28,34H,4-6,9-10,16,18-19H2,1-3H3,(H,35,38)/t23-,24-,28+/m0/s1. The number of pyridine rings is 1. The van der Waals surface area contributed by atoms with E-state index in [0.29, 0.717) is 30.4 Å². The van der Waals surface area contributed by atoms with Crippen LogP contribution in [0.2, 0.25) is 0 Å². The predicted octanol–water partition coefficient (Wildman–Crippen LogP) is 4.88. The first-order valence-corrected chi connectivity index (χ1v) is 14.6. The van der Waals surface area contributed by atoms with Crippen molar-refractivity contribution in [2.75, 3.05) is 13.1 Å². The van der Waals surface area contributed by atoms with Gasteiger partial charge in [-0.3, -0.25) is 19.4 Å². The zero-order valence-electron chi connectivity index (χ0n) is 23.7. The molecule has 8 heteroatoms. The number of para-hydroxylation sites is 1. The Morgan fingerprint density at radius 3 is 2.35 bits per heavy atom. The van der Waals surface area contributed by atoms with E-state index < -0.39 is 11.5 Å². The molecule has 2 aliphatic heterocycles. The maximum Gasteiger partial charge on any atom is 0.272 e. The van der Waals surface area contributed by atoms with Gasteiger partial charge in [0, 0.05) is 30.2 Å². The van der Waals surface area contributed by atoms with Gasteiger partial charge < -0.3 is 20.1 Å². The molecule has 3 aliphatic rings. The summed E-state index contributed by atoms with van der Waals surface area (Å²) in [5.74, 6) is 0.106. The molecule has 0 radical (unpaired) electrons. The third kappa shape index (κ3) is 5.00. The highest BCUT2D eigenvalue weighted by Crippen LogP contribution is 2.35. The first-order valence-electron chi connectivity index (χ1n) is 14.6. The number of amides is 3. The van der Waals surface area contributed by atoms with Crippen LogP contribution in [0.25, 0.3) is 10.9 Å². The summed E-state index contributed by atoms with van der Waals surface area (Å²) < 4.78 is 0. The quantitative estimate of drug-likeness (QED) is 0.481. The molecule has 3 atom stereocenters. The number of hydrogen-bond donors (Lipinski definition) is 2. The molecular weight excluding hydrogens is 502 g/mol. The molecule has 40 heavy (non-hydrogen) atoms. The fraction of sp³-hybridized carbons (Fsp3) is 0.500. The molecule has 3 amide bonds. The Bertz CT molecular complexity index is 1380. The van der Waals surface area contributed by atoms with E-state index in [1.165, 1.54) is 37.7 Å². The maximum atomic E-state index is 13.8. The van der Waals surface area contributed by atoms with Crippen LogP contribution < -0.4 is 5.32 Å². The van der Waals surface area contributed by atoms with Crippen molar-refractivity contribution in [3.63, 3.8) is 0 Å². The Morgan fingerprint density at radius 2 is 1.70 bits per heavy atom. The molecule has 6 rings (SSSR count). The van der Waals surface area contributed by atoms with Crippen molar-refractivity contribution >= 4 is 28.6 Å². The second-order valence-corrected chi connectivity index (χ2v) is 12.8. The van der Waals surface area contributed by atoms with Gasteiger partial charge in [0.05, 0.1) is 12.1 Å². The van der Waals surface area contributed by atoms with Crippen molar-refractivity contribution in [2.24, 2.45) is 5.41 Å². The topological polar surface area (TPSA) is 98.4 Å². The van der Waals surface area contributed by atoms with Gasteiger partial charge in [-0.1, -0.05) is 64.3 Å². The lowest BCUT2D eigenvalue weighted by atomic mass is 9.85. The number of nitrogens with zero attached hydrogens (tertiary/aromatic N) is 3. The van der Waals surface area contributed by atoms with Gasteiger partial charge in [-0.25, -0.2) is 0 Å². The van der Waals surface area contributed by atoms with Crippen LogP contribution in [0, 0.1) is 5.41 Å². The molecule has 0 spiro atoms. The number of likely N-dealkylation sites (tertiary alicyclic amines) is 2. The van der Waals surface area contributed by atoms with Gasteiger partial charge in [0.25, 0.3) is 11.8 Å². The third-order valence-electron chi connectivity index (χ3n) is 9.03. The van der Waals surface area contributed by atoms with E-state index in [-0.39, 0.29) is 29.8 Å². The minimum Gasteiger partial charge on any atom is -0.351 e. The van der Waals surface area contributed by atoms with Gasteiger partial charge in [0.15, 0.2) is 0 Å². The number of nitrogens with one attached hydrogen (secondary N) is 2. The summed E-state index contributed by atoms with van der Waals surface area (Å²) in [4.78, 5) is 51.9. The highest BCUT2D eigenvalue weighted by Gasteiger charge is 2.50. The van der Waals surface area contributed by atoms with Crippen LogP contribution in [0.3, 0.4) is 0 Å². The number of piperazine rings is 1. The van der Waals surface area contributed by atoms with Gasteiger partial charge in [-0.15, -0.1) is 0 Å². The average Bonchev–Trinajstić information content (AvgIpc) is 3.69. The molecule has 8 nitrogen and oxygen atoms in total. The molecule has 4 heterocycles. The van der Waals surface area contributed by atoms with Crippen molar-refractivity contribution < 1.29 is 14.4 Å². The van der Waals surface area contributed by atoms with Crippen molar-refractivity contribution in [3.05, 3.63) is 65.6 Å². The largest absolute Gasteiger partial charge is 0.351 e. The molecule has 0 unspecified atom stereocenters. The van der Waals surface area contributed by atoms with Crippen LogP contribution in [0.15, 0.2) is 48.7 Å². The fourth-order valence-electron chi connectivity index (χ4n) is 6.76. The Labute approximate surface area is 235 Å². The van der Waals surface area contributed by atoms with E-state index >= 15 is 0 Å². The Hall–Kier alpha value is -3.68. The van der Waals surface area contributed by atoms with Gasteiger partial charge >= 0.3 is 0 Å². The fourth-order valence-corrected chi connectivity index (χ4v) is 6.76. The molecule has 1 aromatic carbocycles. The monoisotopic (exact) mass is 541 g/mol. The Kier molecular flexibility index (Phi) is 6.88. The molecule has 1 aliphatic carbocycles. The number of carbonyl (C=O) groups excluding carboxylic acids is 3. The number of benzene rings is 1. The normalized spacial score (nSPS) is 22.1. The summed E-state index contributed by atoms with van der Waals surface area (Å²) in [6.07, 6.45) is 8.88. The van der Waals surface area contributed by atoms with Crippen LogP contribution in [-0.4, -0.2) is 68.7 Å². The molecule has 1 saturated carbocycles. The lowest BCUT2D eigenvalue weighted by Gasteiger charge is -2.39. The zero-order valence-corrected chi connectivity index (χ0v) is 23.7. The van der Waals surface area contributed by atoms with Crippen LogP contribution in [-0.2, 0) is 4.79 Å². The zero-order chi connectivity index (χ0) is 28.0. The summed E-state index contributed by atoms with van der Waals surface area (Å²) >= 11 is 0. The number of aromatic amines is 1.